The first kappa shape index (κ1) is 42.1. The molecule has 0 saturated carbocycles. The normalized spacial score (nSPS) is 15.3. The molecule has 0 amide bonds. The van der Waals surface area contributed by atoms with Crippen LogP contribution in [0.3, 0.4) is 0 Å². The molecule has 1 atom stereocenters. The number of piperazine rings is 1. The Morgan fingerprint density at radius 2 is 1.25 bits per heavy atom. The molecule has 0 bridgehead atoms. The Hall–Kier alpha value is -5.11. The van der Waals surface area contributed by atoms with Crippen LogP contribution in [-0.2, 0) is 27.3 Å². The van der Waals surface area contributed by atoms with E-state index in [2.05, 4.69) is 51.2 Å². The zero-order chi connectivity index (χ0) is 38.9. The van der Waals surface area contributed by atoms with Crippen LogP contribution >= 0.6 is 11.6 Å². The van der Waals surface area contributed by atoms with Gasteiger partial charge in [0.15, 0.2) is 0 Å². The molecule has 2 aromatic carbocycles. The number of carboxylic acids is 4. The minimum atomic E-state index is -5.08. The van der Waals surface area contributed by atoms with Crippen molar-refractivity contribution in [2.24, 2.45) is 0 Å². The van der Waals surface area contributed by atoms with Crippen LogP contribution in [0.5, 0.6) is 0 Å². The number of aromatic carboxylic acids is 1. The molecule has 11 nitrogen and oxygen atoms in total. The van der Waals surface area contributed by atoms with Gasteiger partial charge in [-0.2, -0.15) is 39.5 Å². The number of alkyl halides is 9. The van der Waals surface area contributed by atoms with Gasteiger partial charge in [0.25, 0.3) is 0 Å². The van der Waals surface area contributed by atoms with Gasteiger partial charge in [-0.1, -0.05) is 48.0 Å². The number of carboxylic acid groups (broad SMARTS) is 4. The second kappa shape index (κ2) is 17.2. The summed E-state index contributed by atoms with van der Waals surface area (Å²) in [5.74, 6) is -9.24. The van der Waals surface area contributed by atoms with Gasteiger partial charge in [0.1, 0.15) is 5.69 Å². The van der Waals surface area contributed by atoms with E-state index >= 15 is 0 Å². The first-order chi connectivity index (χ1) is 23.4. The van der Waals surface area contributed by atoms with Crippen LogP contribution in [0, 0.1) is 0 Å². The summed E-state index contributed by atoms with van der Waals surface area (Å²) in [5, 5.41) is 31.3. The summed E-state index contributed by atoms with van der Waals surface area (Å²) in [6.45, 7) is 3.73. The number of carbonyl (C=O) groups is 4. The molecule has 1 fully saturated rings. The third-order valence-corrected chi connectivity index (χ3v) is 7.06. The van der Waals surface area contributed by atoms with E-state index in [0.717, 1.165) is 48.9 Å². The van der Waals surface area contributed by atoms with Gasteiger partial charge in [0.2, 0.25) is 0 Å². The summed E-state index contributed by atoms with van der Waals surface area (Å²) in [6, 6.07) is 18.6. The molecular formula is C30H25ClF9N3O8. The highest BCUT2D eigenvalue weighted by atomic mass is 35.5. The second-order valence-electron chi connectivity index (χ2n) is 10.4. The lowest BCUT2D eigenvalue weighted by Crippen LogP contribution is -2.51. The Balaban J connectivity index is 0.000000352. The smallest absolute Gasteiger partial charge is 0.477 e. The highest BCUT2D eigenvalue weighted by Crippen LogP contribution is 2.35. The number of pyridine rings is 1. The lowest BCUT2D eigenvalue weighted by Gasteiger charge is -2.39. The largest absolute Gasteiger partial charge is 0.490 e. The van der Waals surface area contributed by atoms with Crippen molar-refractivity contribution in [3.8, 4) is 11.1 Å². The minimum Gasteiger partial charge on any atom is -0.477 e. The van der Waals surface area contributed by atoms with Gasteiger partial charge in [-0.15, -0.1) is 0 Å². The molecule has 1 aromatic heterocycles. The number of nitrogens with zero attached hydrogens (tertiary/aromatic N) is 3. The highest BCUT2D eigenvalue weighted by Gasteiger charge is 2.39. The van der Waals surface area contributed by atoms with Gasteiger partial charge in [0, 0.05) is 37.2 Å². The number of hydrogen-bond donors (Lipinski definition) is 4. The Kier molecular flexibility index (Phi) is 14.2. The van der Waals surface area contributed by atoms with Gasteiger partial charge in [-0.25, -0.2) is 24.2 Å². The number of hydrogen-bond acceptors (Lipinski definition) is 7. The van der Waals surface area contributed by atoms with E-state index in [-0.39, 0.29) is 5.69 Å². The summed E-state index contributed by atoms with van der Waals surface area (Å²) in [7, 11) is 0. The molecule has 0 aliphatic carbocycles. The average molecular weight is 762 g/mol. The van der Waals surface area contributed by atoms with Crippen molar-refractivity contribution >= 4 is 41.2 Å². The third-order valence-electron chi connectivity index (χ3n) is 6.81. The third kappa shape index (κ3) is 12.9. The second-order valence-corrected chi connectivity index (χ2v) is 10.8. The van der Waals surface area contributed by atoms with E-state index in [1.807, 2.05) is 12.1 Å². The molecule has 278 valence electrons. The maximum atomic E-state index is 11.2. The fourth-order valence-electron chi connectivity index (χ4n) is 4.65. The Morgan fingerprint density at radius 1 is 0.765 bits per heavy atom. The van der Waals surface area contributed by atoms with E-state index < -0.39 is 42.4 Å². The fraction of sp³-hybridized carbons (Fsp3) is 0.300. The van der Waals surface area contributed by atoms with Crippen molar-refractivity contribution in [2.75, 3.05) is 24.5 Å². The van der Waals surface area contributed by atoms with Crippen LogP contribution in [-0.4, -0.2) is 98.4 Å². The predicted molar refractivity (Wildman–Crippen MR) is 159 cm³/mol. The molecule has 5 rings (SSSR count). The molecule has 2 aliphatic heterocycles. The Morgan fingerprint density at radius 3 is 1.73 bits per heavy atom. The van der Waals surface area contributed by atoms with Crippen LogP contribution in [0.25, 0.3) is 11.1 Å². The SMILES string of the molecule is O=C(O)C(F)(F)F.O=C(O)C(F)(F)F.O=C(O)C(F)(F)F.O=C(O)c1cc2c(cn1)N1CCN(Cc3ccccc3-c3ccc(Cl)cc3)CC1C2. The molecule has 2 aliphatic rings. The van der Waals surface area contributed by atoms with Crippen molar-refractivity contribution in [3.05, 3.63) is 82.6 Å². The molecule has 4 N–H and O–H groups in total. The molecule has 3 heterocycles. The van der Waals surface area contributed by atoms with Crippen molar-refractivity contribution in [3.63, 3.8) is 0 Å². The zero-order valence-corrected chi connectivity index (χ0v) is 26.2. The van der Waals surface area contributed by atoms with Crippen LogP contribution in [0.1, 0.15) is 21.6 Å². The van der Waals surface area contributed by atoms with E-state index in [9.17, 15) is 49.4 Å². The number of aliphatic carboxylic acids is 3. The van der Waals surface area contributed by atoms with Gasteiger partial charge in [-0.05, 0) is 46.9 Å². The molecule has 0 radical (unpaired) electrons. The standard InChI is InChI=1S/C24H22ClN3O2.3C2HF3O2/c25-19-7-5-16(6-8-19)21-4-2-1-3-17(21)14-27-9-10-28-20(15-27)11-18-12-22(24(29)30)26-13-23(18)28;3*3-2(4,5)1(6)7/h1-8,12-13,20H,9-11,14-15H2,(H,29,30);3*(H,6,7). The first-order valence-electron chi connectivity index (χ1n) is 13.9. The number of halogens is 10. The number of rotatable bonds is 4. The van der Waals surface area contributed by atoms with Crippen molar-refractivity contribution in [2.45, 2.75) is 37.5 Å². The van der Waals surface area contributed by atoms with Crippen molar-refractivity contribution < 1.29 is 79.1 Å². The molecule has 1 unspecified atom stereocenters. The van der Waals surface area contributed by atoms with Crippen LogP contribution in [0.15, 0.2) is 60.8 Å². The Labute approximate surface area is 286 Å². The van der Waals surface area contributed by atoms with E-state index in [1.54, 1.807) is 12.3 Å². The van der Waals surface area contributed by atoms with E-state index in [4.69, 9.17) is 41.3 Å². The van der Waals surface area contributed by atoms with Gasteiger partial charge in [-0.3, -0.25) is 4.90 Å². The van der Waals surface area contributed by atoms with Crippen molar-refractivity contribution in [1.29, 1.82) is 0 Å². The van der Waals surface area contributed by atoms with Crippen LogP contribution < -0.4 is 4.90 Å². The highest BCUT2D eigenvalue weighted by molar-refractivity contribution is 6.30. The summed E-state index contributed by atoms with van der Waals surface area (Å²) < 4.78 is 95.2. The van der Waals surface area contributed by atoms with Gasteiger partial charge in [0.05, 0.1) is 11.9 Å². The number of fused-ring (bicyclic) bond motifs is 3. The van der Waals surface area contributed by atoms with E-state index in [0.29, 0.717) is 6.04 Å². The van der Waals surface area contributed by atoms with Crippen molar-refractivity contribution in [1.82, 2.24) is 9.88 Å². The fourth-order valence-corrected chi connectivity index (χ4v) is 4.77. The van der Waals surface area contributed by atoms with Crippen LogP contribution in [0.2, 0.25) is 5.02 Å². The quantitative estimate of drug-likeness (QED) is 0.222. The molecule has 0 spiro atoms. The number of benzene rings is 2. The van der Waals surface area contributed by atoms with Gasteiger partial charge < -0.3 is 25.3 Å². The minimum absolute atomic E-state index is 0.127. The monoisotopic (exact) mass is 761 g/mol. The topological polar surface area (TPSA) is 169 Å². The average Bonchev–Trinajstić information content (AvgIpc) is 3.38. The molecule has 51 heavy (non-hydrogen) atoms. The Bertz CT molecular complexity index is 1640. The molecule has 3 aromatic rings. The van der Waals surface area contributed by atoms with Gasteiger partial charge >= 0.3 is 42.4 Å². The summed E-state index contributed by atoms with van der Waals surface area (Å²) in [5.41, 5.74) is 6.03. The lowest BCUT2D eigenvalue weighted by molar-refractivity contribution is -0.193. The lowest BCUT2D eigenvalue weighted by atomic mass is 9.99. The molecule has 21 heteroatoms. The molecule has 1 saturated heterocycles. The van der Waals surface area contributed by atoms with E-state index in [1.165, 1.54) is 16.7 Å². The maximum absolute atomic E-state index is 11.2. The zero-order valence-electron chi connectivity index (χ0n) is 25.4. The predicted octanol–water partition coefficient (Wildman–Crippen LogP) is 6.25. The summed E-state index contributed by atoms with van der Waals surface area (Å²) >= 11 is 6.06. The number of aromatic nitrogens is 1. The maximum Gasteiger partial charge on any atom is 0.490 e. The summed E-state index contributed by atoms with van der Waals surface area (Å²) in [6.07, 6.45) is -12.7. The van der Waals surface area contributed by atoms with Crippen LogP contribution in [0.4, 0.5) is 45.2 Å². The first-order valence-corrected chi connectivity index (χ1v) is 14.2. The summed E-state index contributed by atoms with van der Waals surface area (Å²) in [4.78, 5) is 46.9. The number of anilines is 1. The molecular weight excluding hydrogens is 737 g/mol.